The highest BCUT2D eigenvalue weighted by molar-refractivity contribution is 5.89. The minimum absolute atomic E-state index is 0.201. The minimum Gasteiger partial charge on any atom is -0.479 e. The Kier molecular flexibility index (Phi) is 5.71. The Labute approximate surface area is 124 Å². The quantitative estimate of drug-likeness (QED) is 0.676. The number of carbonyl (C=O) groups is 3. The van der Waals surface area contributed by atoms with Crippen molar-refractivity contribution in [2.75, 3.05) is 6.54 Å². The van der Waals surface area contributed by atoms with Gasteiger partial charge < -0.3 is 20.5 Å². The van der Waals surface area contributed by atoms with Crippen LogP contribution in [0.3, 0.4) is 0 Å². The summed E-state index contributed by atoms with van der Waals surface area (Å²) in [5.74, 6) is -1.49. The highest BCUT2D eigenvalue weighted by Crippen LogP contribution is 2.19. The average molecular weight is 300 g/mol. The van der Waals surface area contributed by atoms with Crippen LogP contribution in [0.15, 0.2) is 0 Å². The third kappa shape index (κ3) is 5.34. The van der Waals surface area contributed by atoms with E-state index in [0.717, 1.165) is 0 Å². The lowest BCUT2D eigenvalue weighted by molar-refractivity contribution is -0.149. The van der Waals surface area contributed by atoms with Crippen LogP contribution in [0.5, 0.6) is 0 Å². The van der Waals surface area contributed by atoms with E-state index in [1.807, 2.05) is 0 Å². The van der Waals surface area contributed by atoms with Gasteiger partial charge in [-0.05, 0) is 19.8 Å². The van der Waals surface area contributed by atoms with Gasteiger partial charge in [0.05, 0.1) is 6.10 Å². The Bertz CT molecular complexity index is 416. The van der Waals surface area contributed by atoms with Gasteiger partial charge in [0.2, 0.25) is 11.8 Å². The number of nitrogens with one attached hydrogen (secondary N) is 2. The lowest BCUT2D eigenvalue weighted by Gasteiger charge is -2.22. The molecule has 1 heterocycles. The van der Waals surface area contributed by atoms with E-state index in [1.54, 1.807) is 27.7 Å². The third-order valence-electron chi connectivity index (χ3n) is 3.31. The lowest BCUT2D eigenvalue weighted by Crippen LogP contribution is -2.49. The molecule has 0 aromatic rings. The van der Waals surface area contributed by atoms with E-state index >= 15 is 0 Å². The van der Waals surface area contributed by atoms with Crippen LogP contribution in [0.25, 0.3) is 0 Å². The first-order valence-electron chi connectivity index (χ1n) is 7.08. The van der Waals surface area contributed by atoms with Crippen LogP contribution >= 0.6 is 0 Å². The summed E-state index contributed by atoms with van der Waals surface area (Å²) in [4.78, 5) is 34.4. The van der Waals surface area contributed by atoms with Gasteiger partial charge in [-0.1, -0.05) is 20.8 Å². The number of hydrogen-bond donors (Lipinski definition) is 3. The molecule has 2 amide bonds. The number of amides is 2. The van der Waals surface area contributed by atoms with Crippen molar-refractivity contribution in [3.63, 3.8) is 0 Å². The first kappa shape index (κ1) is 17.4. The van der Waals surface area contributed by atoms with E-state index in [-0.39, 0.29) is 24.5 Å². The van der Waals surface area contributed by atoms with Crippen LogP contribution in [0.2, 0.25) is 0 Å². The summed E-state index contributed by atoms with van der Waals surface area (Å²) in [6.07, 6.45) is -0.0305. The number of carboxylic acid groups (broad SMARTS) is 1. The van der Waals surface area contributed by atoms with Crippen LogP contribution < -0.4 is 10.6 Å². The molecule has 0 aromatic heterocycles. The molecule has 1 saturated heterocycles. The maximum absolute atomic E-state index is 11.9. The highest BCUT2D eigenvalue weighted by atomic mass is 16.5. The summed E-state index contributed by atoms with van der Waals surface area (Å²) < 4.78 is 5.29. The molecule has 3 N–H and O–H groups in total. The van der Waals surface area contributed by atoms with E-state index < -0.39 is 23.5 Å². The van der Waals surface area contributed by atoms with Crippen molar-refractivity contribution in [2.45, 2.75) is 58.8 Å². The van der Waals surface area contributed by atoms with Gasteiger partial charge >= 0.3 is 5.97 Å². The van der Waals surface area contributed by atoms with E-state index in [1.165, 1.54) is 0 Å². The SMILES string of the molecule is CC(NC(=O)C(C)(C)C)C(=O)NCC1CCC(C(=O)O)O1. The standard InChI is InChI=1S/C14H24N2O5/c1-8(16-13(20)14(2,3)4)11(17)15-7-9-5-6-10(21-9)12(18)19/h8-10H,5-7H2,1-4H3,(H,15,17)(H,16,20)(H,18,19). The maximum atomic E-state index is 11.9. The molecule has 0 saturated carbocycles. The Hall–Kier alpha value is -1.63. The van der Waals surface area contributed by atoms with Gasteiger partial charge in [-0.2, -0.15) is 0 Å². The molecule has 120 valence electrons. The molecule has 21 heavy (non-hydrogen) atoms. The van der Waals surface area contributed by atoms with Crippen molar-refractivity contribution >= 4 is 17.8 Å². The summed E-state index contributed by atoms with van der Waals surface area (Å²) in [6.45, 7) is 7.16. The van der Waals surface area contributed by atoms with Gasteiger partial charge in [-0.3, -0.25) is 9.59 Å². The summed E-state index contributed by atoms with van der Waals surface area (Å²) in [7, 11) is 0. The smallest absolute Gasteiger partial charge is 0.332 e. The first-order chi connectivity index (χ1) is 9.61. The van der Waals surface area contributed by atoms with E-state index in [0.29, 0.717) is 12.8 Å². The van der Waals surface area contributed by atoms with Crippen molar-refractivity contribution < 1.29 is 24.2 Å². The molecule has 0 radical (unpaired) electrons. The van der Waals surface area contributed by atoms with Gasteiger partial charge in [-0.25, -0.2) is 4.79 Å². The van der Waals surface area contributed by atoms with Crippen LogP contribution in [-0.4, -0.2) is 47.7 Å². The molecule has 1 aliphatic rings. The normalized spacial score (nSPS) is 23.4. The zero-order chi connectivity index (χ0) is 16.2. The summed E-state index contributed by atoms with van der Waals surface area (Å²) >= 11 is 0. The minimum atomic E-state index is -0.977. The first-order valence-corrected chi connectivity index (χ1v) is 7.08. The fourth-order valence-corrected chi connectivity index (χ4v) is 1.88. The van der Waals surface area contributed by atoms with Crippen LogP contribution in [0.1, 0.15) is 40.5 Å². The van der Waals surface area contributed by atoms with Gasteiger partial charge in [0.25, 0.3) is 0 Å². The number of aliphatic carboxylic acids is 1. The van der Waals surface area contributed by atoms with Crippen LogP contribution in [-0.2, 0) is 19.1 Å². The Morgan fingerprint density at radius 2 is 1.90 bits per heavy atom. The molecule has 1 rings (SSSR count). The zero-order valence-corrected chi connectivity index (χ0v) is 12.9. The molecule has 1 aliphatic heterocycles. The number of ether oxygens (including phenoxy) is 1. The third-order valence-corrected chi connectivity index (χ3v) is 3.31. The molecule has 7 nitrogen and oxygen atoms in total. The van der Waals surface area contributed by atoms with Gasteiger partial charge in [-0.15, -0.1) is 0 Å². The molecule has 0 spiro atoms. The van der Waals surface area contributed by atoms with Crippen LogP contribution in [0.4, 0.5) is 0 Å². The molecule has 3 atom stereocenters. The predicted octanol–water partition coefficient (Wildman–Crippen LogP) is 0.286. The highest BCUT2D eigenvalue weighted by Gasteiger charge is 2.31. The summed E-state index contributed by atoms with van der Waals surface area (Å²) in [6, 6.07) is -0.645. The fraction of sp³-hybridized carbons (Fsp3) is 0.786. The molecule has 0 aliphatic carbocycles. The molecular weight excluding hydrogens is 276 g/mol. The van der Waals surface area contributed by atoms with Crippen LogP contribution in [0, 0.1) is 5.41 Å². The molecule has 3 unspecified atom stereocenters. The van der Waals surface area contributed by atoms with Gasteiger partial charge in [0.1, 0.15) is 6.04 Å². The number of hydrogen-bond acceptors (Lipinski definition) is 4. The second-order valence-corrected chi connectivity index (χ2v) is 6.35. The number of carbonyl (C=O) groups excluding carboxylic acids is 2. The summed E-state index contributed by atoms with van der Waals surface area (Å²) in [5, 5.41) is 14.1. The van der Waals surface area contributed by atoms with Gasteiger partial charge in [0, 0.05) is 12.0 Å². The predicted molar refractivity (Wildman–Crippen MR) is 75.6 cm³/mol. The largest absolute Gasteiger partial charge is 0.479 e. The van der Waals surface area contributed by atoms with Crippen molar-refractivity contribution in [1.82, 2.24) is 10.6 Å². The molecular formula is C14H24N2O5. The van der Waals surface area contributed by atoms with E-state index in [4.69, 9.17) is 9.84 Å². The van der Waals surface area contributed by atoms with Crippen molar-refractivity contribution in [3.8, 4) is 0 Å². The number of rotatable bonds is 5. The Balaban J connectivity index is 2.34. The molecule has 0 aromatic carbocycles. The Morgan fingerprint density at radius 1 is 1.29 bits per heavy atom. The zero-order valence-electron chi connectivity index (χ0n) is 12.9. The van der Waals surface area contributed by atoms with Crippen molar-refractivity contribution in [3.05, 3.63) is 0 Å². The molecule has 0 bridgehead atoms. The molecule has 7 heteroatoms. The number of carboxylic acids is 1. The fourth-order valence-electron chi connectivity index (χ4n) is 1.88. The van der Waals surface area contributed by atoms with Crippen molar-refractivity contribution in [2.24, 2.45) is 5.41 Å². The topological polar surface area (TPSA) is 105 Å². The second-order valence-electron chi connectivity index (χ2n) is 6.35. The summed E-state index contributed by atoms with van der Waals surface area (Å²) in [5.41, 5.74) is -0.558. The maximum Gasteiger partial charge on any atom is 0.332 e. The second kappa shape index (κ2) is 6.89. The lowest BCUT2D eigenvalue weighted by atomic mass is 9.95. The Morgan fingerprint density at radius 3 is 2.38 bits per heavy atom. The van der Waals surface area contributed by atoms with E-state index in [2.05, 4.69) is 10.6 Å². The monoisotopic (exact) mass is 300 g/mol. The average Bonchev–Trinajstić information content (AvgIpc) is 2.83. The van der Waals surface area contributed by atoms with E-state index in [9.17, 15) is 14.4 Å². The van der Waals surface area contributed by atoms with Crippen molar-refractivity contribution in [1.29, 1.82) is 0 Å². The molecule has 1 fully saturated rings. The van der Waals surface area contributed by atoms with Gasteiger partial charge in [0.15, 0.2) is 6.10 Å².